The highest BCUT2D eigenvalue weighted by Crippen LogP contribution is 2.53. The molecule has 0 unspecified atom stereocenters. The van der Waals surface area contributed by atoms with Gasteiger partial charge in [0.05, 0.1) is 0 Å². The van der Waals surface area contributed by atoms with Gasteiger partial charge in [-0.2, -0.15) is 0 Å². The van der Waals surface area contributed by atoms with E-state index in [0.717, 1.165) is 22.6 Å². The number of hydrogen-bond donors (Lipinski definition) is 0. The van der Waals surface area contributed by atoms with Gasteiger partial charge in [-0.25, -0.2) is 0 Å². The Labute approximate surface area is 165 Å². The van der Waals surface area contributed by atoms with Crippen molar-refractivity contribution in [2.75, 3.05) is 0 Å². The lowest BCUT2D eigenvalue weighted by Gasteiger charge is -2.35. The lowest BCUT2D eigenvalue weighted by Crippen LogP contribution is -2.31. The average Bonchev–Trinajstić information content (AvgIpc) is 3.07. The number of halogens is 2. The van der Waals surface area contributed by atoms with Crippen molar-refractivity contribution in [2.24, 2.45) is 0 Å². The summed E-state index contributed by atoms with van der Waals surface area (Å²) in [5, 5.41) is 0. The summed E-state index contributed by atoms with van der Waals surface area (Å²) >= 11 is 7.83. The second-order valence-electron chi connectivity index (χ2n) is 6.79. The molecule has 3 aromatic rings. The Morgan fingerprint density at radius 3 is 1.36 bits per heavy atom. The summed E-state index contributed by atoms with van der Waals surface area (Å²) in [6.45, 7) is 4.57. The van der Waals surface area contributed by atoms with Crippen LogP contribution >= 0.6 is 31.9 Å². The minimum Gasteiger partial charge on any atom is -0.455 e. The molecule has 0 saturated heterocycles. The van der Waals surface area contributed by atoms with Crippen molar-refractivity contribution in [2.45, 2.75) is 35.3 Å². The summed E-state index contributed by atoms with van der Waals surface area (Å²) in [7, 11) is 0. The maximum Gasteiger partial charge on any atom is 0.138 e. The molecule has 4 rings (SSSR count). The first-order valence-electron chi connectivity index (χ1n) is 8.65. The number of furan rings is 1. The minimum atomic E-state index is 0.368. The Morgan fingerprint density at radius 2 is 1.00 bits per heavy atom. The Morgan fingerprint density at radius 1 is 0.640 bits per heavy atom. The number of hydrogen-bond acceptors (Lipinski definition) is 1. The van der Waals surface area contributed by atoms with Crippen LogP contribution in [0.25, 0.3) is 22.6 Å². The van der Waals surface area contributed by atoms with Crippen molar-refractivity contribution in [1.82, 2.24) is 0 Å². The van der Waals surface area contributed by atoms with Crippen molar-refractivity contribution in [3.8, 4) is 22.6 Å². The molecule has 0 bridgehead atoms. The van der Waals surface area contributed by atoms with Crippen LogP contribution in [0.1, 0.15) is 36.8 Å². The zero-order valence-corrected chi connectivity index (χ0v) is 17.4. The zero-order valence-electron chi connectivity index (χ0n) is 14.2. The molecule has 0 saturated carbocycles. The van der Waals surface area contributed by atoms with E-state index in [-0.39, 0.29) is 0 Å². The fourth-order valence-electron chi connectivity index (χ4n) is 3.84. The van der Waals surface area contributed by atoms with Crippen LogP contribution in [0, 0.1) is 0 Å². The molecular formula is C22H20Br2O. The van der Waals surface area contributed by atoms with E-state index in [1.165, 1.54) is 11.1 Å². The summed E-state index contributed by atoms with van der Waals surface area (Å²) < 4.78 is 6.54. The van der Waals surface area contributed by atoms with Crippen molar-refractivity contribution in [3.63, 3.8) is 0 Å². The first kappa shape index (κ1) is 17.1. The standard InChI is InChI=1S/C22H20Br2O/c1-13-17-18(14(2)20(24)19(13)23)22(16-11-7-4-8-12-16)25-21(17)15-9-5-3-6-10-15/h3-14,19-20H,1-2H3/t13-,14+,19-,20+. The molecular weight excluding hydrogens is 440 g/mol. The zero-order chi connectivity index (χ0) is 17.6. The van der Waals surface area contributed by atoms with Crippen LogP contribution in [0.3, 0.4) is 0 Å². The maximum absolute atomic E-state index is 6.54. The Kier molecular flexibility index (Phi) is 4.63. The van der Waals surface area contributed by atoms with Gasteiger partial charge in [-0.1, -0.05) is 106 Å². The molecule has 0 aliphatic heterocycles. The van der Waals surface area contributed by atoms with Gasteiger partial charge in [0.1, 0.15) is 11.5 Å². The van der Waals surface area contributed by atoms with Gasteiger partial charge in [0.15, 0.2) is 0 Å². The van der Waals surface area contributed by atoms with Gasteiger partial charge < -0.3 is 4.42 Å². The normalized spacial score (nSPS) is 25.6. The van der Waals surface area contributed by atoms with E-state index in [1.54, 1.807) is 0 Å². The van der Waals surface area contributed by atoms with E-state index in [4.69, 9.17) is 4.42 Å². The summed E-state index contributed by atoms with van der Waals surface area (Å²) in [6, 6.07) is 20.9. The molecule has 1 aliphatic rings. The number of rotatable bonds is 2. The molecule has 1 nitrogen and oxygen atoms in total. The predicted molar refractivity (Wildman–Crippen MR) is 112 cm³/mol. The van der Waals surface area contributed by atoms with Crippen LogP contribution in [0.5, 0.6) is 0 Å². The van der Waals surface area contributed by atoms with Crippen LogP contribution < -0.4 is 0 Å². The second-order valence-corrected chi connectivity index (χ2v) is 8.90. The van der Waals surface area contributed by atoms with Gasteiger partial charge in [-0.15, -0.1) is 0 Å². The van der Waals surface area contributed by atoms with Crippen LogP contribution in [0.2, 0.25) is 0 Å². The number of fused-ring (bicyclic) bond motifs is 1. The number of benzene rings is 2. The molecule has 1 aromatic heterocycles. The Bertz CT molecular complexity index is 798. The van der Waals surface area contributed by atoms with Crippen LogP contribution in [0.15, 0.2) is 65.1 Å². The van der Waals surface area contributed by atoms with Crippen molar-refractivity contribution in [1.29, 1.82) is 0 Å². The smallest absolute Gasteiger partial charge is 0.138 e. The third-order valence-corrected chi connectivity index (χ3v) is 8.66. The second kappa shape index (κ2) is 6.77. The fraction of sp³-hybridized carbons (Fsp3) is 0.273. The molecule has 0 fully saturated rings. The SMILES string of the molecule is C[C@@H]1c2c(-c3ccccc3)oc(-c3ccccc3)c2[C@H](C)[C@H](Br)[C@@H]1Br. The summed E-state index contributed by atoms with van der Waals surface area (Å²) in [5.41, 5.74) is 4.98. The van der Waals surface area contributed by atoms with Gasteiger partial charge in [0.25, 0.3) is 0 Å². The van der Waals surface area contributed by atoms with Gasteiger partial charge in [0.2, 0.25) is 0 Å². The molecule has 25 heavy (non-hydrogen) atoms. The predicted octanol–water partition coefficient (Wildman–Crippen LogP) is 7.36. The highest BCUT2D eigenvalue weighted by atomic mass is 79.9. The van der Waals surface area contributed by atoms with Gasteiger partial charge in [0, 0.05) is 31.9 Å². The van der Waals surface area contributed by atoms with Crippen molar-refractivity contribution in [3.05, 3.63) is 71.8 Å². The molecule has 0 amide bonds. The van der Waals surface area contributed by atoms with Crippen molar-refractivity contribution < 1.29 is 4.42 Å². The van der Waals surface area contributed by atoms with Gasteiger partial charge in [-0.3, -0.25) is 0 Å². The molecule has 1 heterocycles. The molecule has 0 radical (unpaired) electrons. The molecule has 128 valence electrons. The van der Waals surface area contributed by atoms with E-state index in [9.17, 15) is 0 Å². The quantitative estimate of drug-likeness (QED) is 0.364. The fourth-order valence-corrected chi connectivity index (χ4v) is 5.28. The molecule has 0 N–H and O–H groups in total. The van der Waals surface area contributed by atoms with E-state index < -0.39 is 0 Å². The molecule has 1 aliphatic carbocycles. The molecule has 2 aromatic carbocycles. The largest absolute Gasteiger partial charge is 0.455 e. The Hall–Kier alpha value is -1.32. The minimum absolute atomic E-state index is 0.368. The van der Waals surface area contributed by atoms with Crippen LogP contribution in [-0.2, 0) is 0 Å². The summed E-state index contributed by atoms with van der Waals surface area (Å²) in [4.78, 5) is 0.748. The average molecular weight is 460 g/mol. The van der Waals surface area contributed by atoms with Crippen LogP contribution in [0.4, 0.5) is 0 Å². The van der Waals surface area contributed by atoms with Crippen LogP contribution in [-0.4, -0.2) is 9.65 Å². The lowest BCUT2D eigenvalue weighted by molar-refractivity contribution is 0.574. The van der Waals surface area contributed by atoms with E-state index in [0.29, 0.717) is 21.5 Å². The maximum atomic E-state index is 6.54. The highest BCUT2D eigenvalue weighted by molar-refractivity contribution is 9.12. The first-order valence-corrected chi connectivity index (χ1v) is 10.5. The highest BCUT2D eigenvalue weighted by Gasteiger charge is 2.41. The lowest BCUT2D eigenvalue weighted by atomic mass is 9.77. The van der Waals surface area contributed by atoms with Gasteiger partial charge in [-0.05, 0) is 11.8 Å². The molecule has 3 heteroatoms. The monoisotopic (exact) mass is 458 g/mol. The molecule has 0 spiro atoms. The van der Waals surface area contributed by atoms with Gasteiger partial charge >= 0.3 is 0 Å². The molecule has 4 atom stereocenters. The third kappa shape index (κ3) is 2.82. The Balaban J connectivity index is 2.01. The first-order chi connectivity index (χ1) is 12.1. The van der Waals surface area contributed by atoms with E-state index >= 15 is 0 Å². The van der Waals surface area contributed by atoms with Crippen molar-refractivity contribution >= 4 is 31.9 Å². The van der Waals surface area contributed by atoms with E-state index in [2.05, 4.69) is 94.2 Å². The topological polar surface area (TPSA) is 13.1 Å². The summed E-state index contributed by atoms with van der Waals surface area (Å²) in [6.07, 6.45) is 0. The number of alkyl halides is 2. The summed E-state index contributed by atoms with van der Waals surface area (Å²) in [5.74, 6) is 2.76. The van der Waals surface area contributed by atoms with E-state index in [1.807, 2.05) is 12.1 Å². The third-order valence-electron chi connectivity index (χ3n) is 5.23.